The van der Waals surface area contributed by atoms with Gasteiger partial charge in [0.2, 0.25) is 0 Å². The number of halogens is 2. The van der Waals surface area contributed by atoms with E-state index in [1.807, 2.05) is 6.26 Å². The monoisotopic (exact) mass is 247 g/mol. The Morgan fingerprint density at radius 1 is 1.53 bits per heavy atom. The second kappa shape index (κ2) is 5.73. The van der Waals surface area contributed by atoms with Gasteiger partial charge in [-0.2, -0.15) is 11.8 Å². The fourth-order valence-electron chi connectivity index (χ4n) is 1.35. The van der Waals surface area contributed by atoms with Gasteiger partial charge >= 0.3 is 0 Å². The summed E-state index contributed by atoms with van der Waals surface area (Å²) in [7, 11) is 0. The zero-order valence-corrected chi connectivity index (χ0v) is 10.5. The molecular formula is C11H15ClFNS. The third-order valence-electron chi connectivity index (χ3n) is 2.31. The standard InChI is InChI=1S/C11H15ClFNS/c1-7-5-9(12)8(6-10(7)13)11(14)3-4-15-2/h5-6,11H,3-4,14H2,1-2H3. The number of rotatable bonds is 4. The molecule has 1 rings (SSSR count). The van der Waals surface area contributed by atoms with Crippen LogP contribution in [0.2, 0.25) is 5.02 Å². The van der Waals surface area contributed by atoms with E-state index >= 15 is 0 Å². The van der Waals surface area contributed by atoms with Gasteiger partial charge in [0.05, 0.1) is 0 Å². The number of hydrogen-bond donors (Lipinski definition) is 1. The molecule has 1 nitrogen and oxygen atoms in total. The van der Waals surface area contributed by atoms with Gasteiger partial charge in [-0.15, -0.1) is 0 Å². The van der Waals surface area contributed by atoms with E-state index < -0.39 is 0 Å². The SMILES string of the molecule is CSCCC(N)c1cc(F)c(C)cc1Cl. The molecule has 0 spiro atoms. The number of nitrogens with two attached hydrogens (primary N) is 1. The van der Waals surface area contributed by atoms with Crippen molar-refractivity contribution in [1.82, 2.24) is 0 Å². The van der Waals surface area contributed by atoms with Gasteiger partial charge in [-0.05, 0) is 48.6 Å². The first-order valence-electron chi connectivity index (χ1n) is 4.76. The molecule has 1 unspecified atom stereocenters. The van der Waals surface area contributed by atoms with Gasteiger partial charge in [0, 0.05) is 11.1 Å². The molecule has 0 amide bonds. The van der Waals surface area contributed by atoms with Gasteiger partial charge < -0.3 is 5.73 Å². The van der Waals surface area contributed by atoms with Crippen molar-refractivity contribution in [3.8, 4) is 0 Å². The van der Waals surface area contributed by atoms with E-state index in [0.29, 0.717) is 16.1 Å². The molecule has 0 aliphatic carbocycles. The third-order valence-corrected chi connectivity index (χ3v) is 3.28. The van der Waals surface area contributed by atoms with E-state index in [-0.39, 0.29) is 11.9 Å². The first-order chi connectivity index (χ1) is 7.06. The van der Waals surface area contributed by atoms with Gasteiger partial charge in [0.15, 0.2) is 0 Å². The summed E-state index contributed by atoms with van der Waals surface area (Å²) >= 11 is 7.74. The van der Waals surface area contributed by atoms with Crippen molar-refractivity contribution in [2.75, 3.05) is 12.0 Å². The average Bonchev–Trinajstić information content (AvgIpc) is 2.20. The topological polar surface area (TPSA) is 26.0 Å². The molecule has 0 bridgehead atoms. The van der Waals surface area contributed by atoms with Crippen molar-refractivity contribution in [3.63, 3.8) is 0 Å². The molecule has 0 radical (unpaired) electrons. The largest absolute Gasteiger partial charge is 0.324 e. The van der Waals surface area contributed by atoms with Crippen molar-refractivity contribution in [1.29, 1.82) is 0 Å². The third kappa shape index (κ3) is 3.37. The lowest BCUT2D eigenvalue weighted by molar-refractivity contribution is 0.608. The molecule has 0 saturated carbocycles. The highest BCUT2D eigenvalue weighted by molar-refractivity contribution is 7.98. The molecule has 0 heterocycles. The van der Waals surface area contributed by atoms with Gasteiger partial charge in [-0.3, -0.25) is 0 Å². The van der Waals surface area contributed by atoms with Crippen molar-refractivity contribution in [3.05, 3.63) is 34.1 Å². The lowest BCUT2D eigenvalue weighted by atomic mass is 10.0. The van der Waals surface area contributed by atoms with Gasteiger partial charge in [0.1, 0.15) is 5.82 Å². The molecule has 0 aromatic heterocycles. The van der Waals surface area contributed by atoms with E-state index in [1.165, 1.54) is 6.07 Å². The first-order valence-corrected chi connectivity index (χ1v) is 6.53. The zero-order chi connectivity index (χ0) is 11.4. The van der Waals surface area contributed by atoms with E-state index in [4.69, 9.17) is 17.3 Å². The molecule has 1 aromatic carbocycles. The highest BCUT2D eigenvalue weighted by atomic mass is 35.5. The smallest absolute Gasteiger partial charge is 0.126 e. The number of hydrogen-bond acceptors (Lipinski definition) is 2. The maximum Gasteiger partial charge on any atom is 0.126 e. The van der Waals surface area contributed by atoms with Crippen molar-refractivity contribution >= 4 is 23.4 Å². The molecule has 15 heavy (non-hydrogen) atoms. The Kier molecular flexibility index (Phi) is 4.90. The summed E-state index contributed by atoms with van der Waals surface area (Å²) in [5.74, 6) is 0.710. The van der Waals surface area contributed by atoms with E-state index in [2.05, 4.69) is 0 Å². The predicted octanol–water partition coefficient (Wildman–Crippen LogP) is 3.54. The van der Waals surface area contributed by atoms with Crippen LogP contribution in [0.25, 0.3) is 0 Å². The van der Waals surface area contributed by atoms with Crippen molar-refractivity contribution in [2.45, 2.75) is 19.4 Å². The van der Waals surface area contributed by atoms with Crippen molar-refractivity contribution in [2.24, 2.45) is 5.73 Å². The van der Waals surface area contributed by atoms with Gasteiger partial charge in [-0.1, -0.05) is 11.6 Å². The lowest BCUT2D eigenvalue weighted by Gasteiger charge is -2.14. The van der Waals surface area contributed by atoms with Crippen LogP contribution in [0.1, 0.15) is 23.6 Å². The minimum absolute atomic E-state index is 0.181. The molecule has 2 N–H and O–H groups in total. The minimum Gasteiger partial charge on any atom is -0.324 e. The average molecular weight is 248 g/mol. The first kappa shape index (κ1) is 12.8. The van der Waals surface area contributed by atoms with Crippen LogP contribution in [0.4, 0.5) is 4.39 Å². The molecule has 0 saturated heterocycles. The molecule has 84 valence electrons. The molecule has 4 heteroatoms. The Morgan fingerprint density at radius 3 is 2.80 bits per heavy atom. The molecule has 1 aromatic rings. The molecular weight excluding hydrogens is 233 g/mol. The molecule has 0 aliphatic heterocycles. The Bertz CT molecular complexity index is 344. The number of aryl methyl sites for hydroxylation is 1. The van der Waals surface area contributed by atoms with Crippen LogP contribution in [-0.2, 0) is 0 Å². The van der Waals surface area contributed by atoms with Crippen LogP contribution in [0.3, 0.4) is 0 Å². The predicted molar refractivity (Wildman–Crippen MR) is 66.1 cm³/mol. The molecule has 0 fully saturated rings. The summed E-state index contributed by atoms with van der Waals surface area (Å²) < 4.78 is 13.3. The van der Waals surface area contributed by atoms with E-state index in [0.717, 1.165) is 12.2 Å². The summed E-state index contributed by atoms with van der Waals surface area (Å²) in [6.45, 7) is 1.69. The maximum absolute atomic E-state index is 13.3. The van der Waals surface area contributed by atoms with Crippen LogP contribution in [-0.4, -0.2) is 12.0 Å². The summed E-state index contributed by atoms with van der Waals surface area (Å²) in [5, 5.41) is 0.558. The second-order valence-corrected chi connectivity index (χ2v) is 4.90. The van der Waals surface area contributed by atoms with Gasteiger partial charge in [-0.25, -0.2) is 4.39 Å². The van der Waals surface area contributed by atoms with Crippen LogP contribution in [0, 0.1) is 12.7 Å². The Labute approximate surface area is 99.2 Å². The Hall–Kier alpha value is -0.250. The zero-order valence-electron chi connectivity index (χ0n) is 8.89. The fourth-order valence-corrected chi connectivity index (χ4v) is 2.19. The number of thioether (sulfide) groups is 1. The lowest BCUT2D eigenvalue weighted by Crippen LogP contribution is -2.12. The van der Waals surface area contributed by atoms with Crippen LogP contribution in [0.5, 0.6) is 0 Å². The summed E-state index contributed by atoms with van der Waals surface area (Å²) in [6, 6.07) is 2.90. The Balaban J connectivity index is 2.88. The minimum atomic E-state index is -0.242. The number of benzene rings is 1. The summed E-state index contributed by atoms with van der Waals surface area (Å²) in [5.41, 5.74) is 7.20. The summed E-state index contributed by atoms with van der Waals surface area (Å²) in [6.07, 6.45) is 2.83. The van der Waals surface area contributed by atoms with E-state index in [1.54, 1.807) is 24.8 Å². The molecule has 1 atom stereocenters. The summed E-state index contributed by atoms with van der Waals surface area (Å²) in [4.78, 5) is 0. The van der Waals surface area contributed by atoms with Crippen LogP contribution < -0.4 is 5.73 Å². The van der Waals surface area contributed by atoms with E-state index in [9.17, 15) is 4.39 Å². The fraction of sp³-hybridized carbons (Fsp3) is 0.455. The van der Waals surface area contributed by atoms with Crippen LogP contribution >= 0.6 is 23.4 Å². The Morgan fingerprint density at radius 2 is 2.20 bits per heavy atom. The van der Waals surface area contributed by atoms with Crippen molar-refractivity contribution < 1.29 is 4.39 Å². The van der Waals surface area contributed by atoms with Gasteiger partial charge in [0.25, 0.3) is 0 Å². The second-order valence-electron chi connectivity index (χ2n) is 3.51. The quantitative estimate of drug-likeness (QED) is 0.881. The maximum atomic E-state index is 13.3. The normalized spacial score (nSPS) is 12.9. The molecule has 0 aliphatic rings. The van der Waals surface area contributed by atoms with Crippen LogP contribution in [0.15, 0.2) is 12.1 Å². The highest BCUT2D eigenvalue weighted by Crippen LogP contribution is 2.27. The highest BCUT2D eigenvalue weighted by Gasteiger charge is 2.12.